The van der Waals surface area contributed by atoms with E-state index in [4.69, 9.17) is 26.6 Å². The van der Waals surface area contributed by atoms with E-state index in [1.807, 2.05) is 0 Å². The third kappa shape index (κ3) is 4.95. The van der Waals surface area contributed by atoms with Crippen molar-refractivity contribution in [2.24, 2.45) is 14.1 Å². The molecule has 0 saturated heterocycles. The van der Waals surface area contributed by atoms with Gasteiger partial charge in [0.2, 0.25) is 16.8 Å². The van der Waals surface area contributed by atoms with Crippen molar-refractivity contribution in [1.29, 1.82) is 0 Å². The molecule has 0 aliphatic rings. The van der Waals surface area contributed by atoms with Crippen molar-refractivity contribution in [2.75, 3.05) is 6.61 Å². The highest BCUT2D eigenvalue weighted by Crippen LogP contribution is 2.21. The van der Waals surface area contributed by atoms with Crippen LogP contribution in [0.15, 0.2) is 26.4 Å². The normalized spacial score (nSPS) is 10.2. The minimum absolute atomic E-state index is 0.179. The molecule has 3 heterocycles. The summed E-state index contributed by atoms with van der Waals surface area (Å²) in [4.78, 5) is 52.1. The molecule has 0 atom stereocenters. The number of rotatable bonds is 5. The summed E-state index contributed by atoms with van der Waals surface area (Å²) in [5.41, 5.74) is -1.86. The van der Waals surface area contributed by atoms with Gasteiger partial charge in [0.1, 0.15) is 5.82 Å². The molecule has 0 radical (unpaired) electrons. The number of aromatic hydroxyl groups is 1. The molecule has 0 aliphatic carbocycles. The number of aromatic nitrogens is 4. The van der Waals surface area contributed by atoms with E-state index < -0.39 is 40.2 Å². The SMILES string of the molecule is CCOc1c(C(=O)O)nc(Cl)n(C)c1=O.Cn1c(-c2ccsc2)nc(C(=O)O)c(O)c1=O. The van der Waals surface area contributed by atoms with Crippen LogP contribution in [0, 0.1) is 0 Å². The highest BCUT2D eigenvalue weighted by molar-refractivity contribution is 7.08. The number of hydrogen-bond donors (Lipinski definition) is 3. The molecule has 3 aromatic heterocycles. The lowest BCUT2D eigenvalue weighted by Gasteiger charge is -2.08. The minimum atomic E-state index is -1.43. The van der Waals surface area contributed by atoms with Crippen LogP contribution in [-0.4, -0.2) is 53.0 Å². The second kappa shape index (κ2) is 10.1. The highest BCUT2D eigenvalue weighted by Gasteiger charge is 2.21. The molecule has 0 fully saturated rings. The first kappa shape index (κ1) is 24.6. The second-order valence-corrected chi connectivity index (χ2v) is 7.09. The van der Waals surface area contributed by atoms with Gasteiger partial charge in [-0.05, 0) is 30.0 Å². The van der Waals surface area contributed by atoms with Crippen molar-refractivity contribution in [3.63, 3.8) is 0 Å². The molecular weight excluding hydrogens is 468 g/mol. The van der Waals surface area contributed by atoms with E-state index in [2.05, 4.69) is 9.97 Å². The van der Waals surface area contributed by atoms with Crippen LogP contribution in [0.25, 0.3) is 11.4 Å². The van der Waals surface area contributed by atoms with Gasteiger partial charge < -0.3 is 20.1 Å². The summed E-state index contributed by atoms with van der Waals surface area (Å²) >= 11 is 6.97. The van der Waals surface area contributed by atoms with E-state index >= 15 is 0 Å². The van der Waals surface area contributed by atoms with Gasteiger partial charge in [0, 0.05) is 25.0 Å². The molecule has 0 amide bonds. The average Bonchev–Trinajstić information content (AvgIpc) is 3.27. The van der Waals surface area contributed by atoms with Crippen LogP contribution in [0.3, 0.4) is 0 Å². The average molecular weight is 485 g/mol. The predicted molar refractivity (Wildman–Crippen MR) is 114 cm³/mol. The first-order valence-corrected chi connectivity index (χ1v) is 10.0. The Bertz CT molecular complexity index is 1280. The van der Waals surface area contributed by atoms with Crippen molar-refractivity contribution in [3.8, 4) is 22.9 Å². The molecule has 0 spiro atoms. The van der Waals surface area contributed by atoms with Crippen molar-refractivity contribution in [2.45, 2.75) is 6.92 Å². The zero-order chi connectivity index (χ0) is 24.2. The van der Waals surface area contributed by atoms with Gasteiger partial charge in [-0.3, -0.25) is 18.7 Å². The molecule has 12 nitrogen and oxygen atoms in total. The van der Waals surface area contributed by atoms with Gasteiger partial charge in [-0.25, -0.2) is 19.6 Å². The highest BCUT2D eigenvalue weighted by atomic mass is 35.5. The van der Waals surface area contributed by atoms with Gasteiger partial charge in [-0.15, -0.1) is 0 Å². The van der Waals surface area contributed by atoms with E-state index in [1.54, 1.807) is 23.8 Å². The van der Waals surface area contributed by atoms with Gasteiger partial charge in [0.15, 0.2) is 11.4 Å². The number of halogens is 1. The van der Waals surface area contributed by atoms with Gasteiger partial charge in [0.25, 0.3) is 11.1 Å². The van der Waals surface area contributed by atoms with E-state index in [0.29, 0.717) is 5.56 Å². The van der Waals surface area contributed by atoms with E-state index in [1.165, 1.54) is 25.4 Å². The van der Waals surface area contributed by atoms with Crippen LogP contribution in [0.1, 0.15) is 27.9 Å². The Morgan fingerprint density at radius 3 is 2.22 bits per heavy atom. The maximum atomic E-state index is 11.6. The molecule has 0 unspecified atom stereocenters. The standard InChI is InChI=1S/C10H8N2O4S.C8H9ClN2O4/c1-12-8(5-2-3-17-4-5)11-6(10(15)16)7(13)9(12)14;1-3-15-5-4(7(13)14)10-8(9)11(2)6(5)12/h2-4,13H,1H3,(H,15,16);3H2,1-2H3,(H,13,14). The lowest BCUT2D eigenvalue weighted by Crippen LogP contribution is -2.24. The van der Waals surface area contributed by atoms with E-state index in [0.717, 1.165) is 9.13 Å². The number of thiophene rings is 1. The number of nitrogens with zero attached hydrogens (tertiary/aromatic N) is 4. The van der Waals surface area contributed by atoms with Crippen LogP contribution in [0.4, 0.5) is 0 Å². The number of carboxylic acids is 2. The first-order chi connectivity index (χ1) is 15.0. The fourth-order valence-electron chi connectivity index (χ4n) is 2.36. The smallest absolute Gasteiger partial charge is 0.358 e. The van der Waals surface area contributed by atoms with Crippen LogP contribution in [0.5, 0.6) is 11.5 Å². The van der Waals surface area contributed by atoms with Crippen molar-refractivity contribution < 1.29 is 29.6 Å². The predicted octanol–water partition coefficient (Wildman–Crippen LogP) is 1.44. The van der Waals surface area contributed by atoms with Crippen LogP contribution >= 0.6 is 22.9 Å². The molecule has 32 heavy (non-hydrogen) atoms. The molecule has 0 aliphatic heterocycles. The Morgan fingerprint density at radius 1 is 1.09 bits per heavy atom. The number of aromatic carboxylic acids is 2. The summed E-state index contributed by atoms with van der Waals surface area (Å²) in [6, 6.07) is 1.72. The monoisotopic (exact) mass is 484 g/mol. The second-order valence-electron chi connectivity index (χ2n) is 5.97. The van der Waals surface area contributed by atoms with E-state index in [9.17, 15) is 24.3 Å². The van der Waals surface area contributed by atoms with E-state index in [-0.39, 0.29) is 23.5 Å². The zero-order valence-electron chi connectivity index (χ0n) is 16.9. The zero-order valence-corrected chi connectivity index (χ0v) is 18.5. The summed E-state index contributed by atoms with van der Waals surface area (Å²) in [7, 11) is 2.81. The van der Waals surface area contributed by atoms with Gasteiger partial charge in [-0.2, -0.15) is 11.3 Å². The van der Waals surface area contributed by atoms with Crippen LogP contribution in [-0.2, 0) is 14.1 Å². The van der Waals surface area contributed by atoms with Crippen molar-refractivity contribution in [1.82, 2.24) is 19.1 Å². The Morgan fingerprint density at radius 2 is 1.72 bits per heavy atom. The fraction of sp³-hybridized carbons (Fsp3) is 0.222. The van der Waals surface area contributed by atoms with Gasteiger partial charge >= 0.3 is 11.9 Å². The molecule has 0 bridgehead atoms. The molecular formula is C18H17ClN4O8S. The Hall–Kier alpha value is -3.71. The van der Waals surface area contributed by atoms with Crippen molar-refractivity contribution in [3.05, 3.63) is 54.2 Å². The number of ether oxygens (including phenoxy) is 1. The Labute approximate surface area is 188 Å². The molecule has 3 aromatic rings. The third-order valence-corrected chi connectivity index (χ3v) is 4.96. The third-order valence-electron chi connectivity index (χ3n) is 3.93. The summed E-state index contributed by atoms with van der Waals surface area (Å²) < 4.78 is 7.06. The fourth-order valence-corrected chi connectivity index (χ4v) is 3.16. The lowest BCUT2D eigenvalue weighted by atomic mass is 10.3. The molecule has 0 saturated carbocycles. The van der Waals surface area contributed by atoms with Crippen LogP contribution < -0.4 is 15.9 Å². The molecule has 170 valence electrons. The summed E-state index contributed by atoms with van der Waals surface area (Å²) in [5, 5.41) is 30.3. The minimum Gasteiger partial charge on any atom is -0.501 e. The summed E-state index contributed by atoms with van der Waals surface area (Å²) in [5.74, 6) is -3.71. The van der Waals surface area contributed by atoms with Gasteiger partial charge in [0.05, 0.1) is 6.61 Å². The molecule has 3 rings (SSSR count). The first-order valence-electron chi connectivity index (χ1n) is 8.69. The maximum absolute atomic E-state index is 11.6. The molecule has 0 aromatic carbocycles. The number of hydrogen-bond acceptors (Lipinski definition) is 9. The van der Waals surface area contributed by atoms with Crippen LogP contribution in [0.2, 0.25) is 5.28 Å². The molecule has 14 heteroatoms. The van der Waals surface area contributed by atoms with Crippen molar-refractivity contribution >= 4 is 34.9 Å². The number of carboxylic acid groups (broad SMARTS) is 2. The Kier molecular flexibility index (Phi) is 7.72. The topological polar surface area (TPSA) is 174 Å². The largest absolute Gasteiger partial charge is 0.501 e. The summed E-state index contributed by atoms with van der Waals surface area (Å²) in [6.45, 7) is 1.82. The quantitative estimate of drug-likeness (QED) is 0.449. The van der Waals surface area contributed by atoms with Gasteiger partial charge in [-0.1, -0.05) is 0 Å². The molecule has 3 N–H and O–H groups in total. The maximum Gasteiger partial charge on any atom is 0.358 e. The lowest BCUT2D eigenvalue weighted by molar-refractivity contribution is 0.0674. The Balaban J connectivity index is 0.000000229. The summed E-state index contributed by atoms with van der Waals surface area (Å²) in [6.07, 6.45) is 0. The number of carbonyl (C=O) groups is 2.